The summed E-state index contributed by atoms with van der Waals surface area (Å²) in [4.78, 5) is 16.8. The molecule has 0 aliphatic carbocycles. The highest BCUT2D eigenvalue weighted by Crippen LogP contribution is 2.32. The average Bonchev–Trinajstić information content (AvgIpc) is 3.11. The monoisotopic (exact) mass is 424 g/mol. The van der Waals surface area contributed by atoms with Crippen molar-refractivity contribution in [1.82, 2.24) is 5.01 Å². The van der Waals surface area contributed by atoms with Crippen LogP contribution in [0.5, 0.6) is 5.75 Å². The van der Waals surface area contributed by atoms with Crippen molar-refractivity contribution in [3.63, 3.8) is 0 Å². The summed E-state index contributed by atoms with van der Waals surface area (Å²) < 4.78 is 5.61. The third kappa shape index (κ3) is 3.83. The highest BCUT2D eigenvalue weighted by molar-refractivity contribution is 8.27. The molecule has 0 spiro atoms. The molecule has 2 aromatic rings. The molecule has 2 aromatic carbocycles. The quantitative estimate of drug-likeness (QED) is 0.720. The van der Waals surface area contributed by atoms with E-state index in [1.54, 1.807) is 24.3 Å². The number of halogens is 1. The van der Waals surface area contributed by atoms with Crippen LogP contribution >= 0.6 is 23.4 Å². The van der Waals surface area contributed by atoms with Crippen LogP contribution in [0.1, 0.15) is 23.6 Å². The Morgan fingerprint density at radius 2 is 2.10 bits per heavy atom. The molecule has 0 saturated heterocycles. The minimum absolute atomic E-state index is 0.0300. The highest BCUT2D eigenvalue weighted by Gasteiger charge is 2.36. The lowest BCUT2D eigenvalue weighted by Crippen LogP contribution is -2.35. The lowest BCUT2D eigenvalue weighted by Gasteiger charge is -2.20. The summed E-state index contributed by atoms with van der Waals surface area (Å²) in [6.45, 7) is 4.35. The van der Waals surface area contributed by atoms with Crippen molar-refractivity contribution in [2.75, 3.05) is 6.61 Å². The van der Waals surface area contributed by atoms with Crippen molar-refractivity contribution in [2.24, 2.45) is 10.1 Å². The number of rotatable bonds is 4. The van der Waals surface area contributed by atoms with E-state index in [1.807, 2.05) is 38.1 Å². The number of carbonyl (C=O) groups is 1. The van der Waals surface area contributed by atoms with Crippen molar-refractivity contribution in [3.8, 4) is 5.75 Å². The van der Waals surface area contributed by atoms with Gasteiger partial charge in [0.25, 0.3) is 5.91 Å². The molecule has 6 nitrogen and oxygen atoms in total. The summed E-state index contributed by atoms with van der Waals surface area (Å²) in [5.74, 6) is 0.0639. The third-order valence-corrected chi connectivity index (χ3v) is 5.48. The number of amidine groups is 2. The van der Waals surface area contributed by atoms with Crippen LogP contribution in [0.25, 0.3) is 6.08 Å². The normalized spacial score (nSPS) is 17.3. The topological polar surface area (TPSA) is 78.1 Å². The van der Waals surface area contributed by atoms with E-state index in [-0.39, 0.29) is 11.4 Å². The van der Waals surface area contributed by atoms with Crippen LogP contribution in [0.4, 0.5) is 0 Å². The number of aliphatic imine (C=N–C) groups is 1. The Bertz CT molecular complexity index is 1120. The molecule has 146 valence electrons. The van der Waals surface area contributed by atoms with Crippen LogP contribution in [0, 0.1) is 12.3 Å². The van der Waals surface area contributed by atoms with Crippen molar-refractivity contribution in [1.29, 1.82) is 5.41 Å². The van der Waals surface area contributed by atoms with Gasteiger partial charge >= 0.3 is 0 Å². The molecule has 1 N–H and O–H groups in total. The molecule has 0 saturated carbocycles. The van der Waals surface area contributed by atoms with Gasteiger partial charge in [-0.2, -0.15) is 15.1 Å². The Labute approximate surface area is 177 Å². The first-order valence-corrected chi connectivity index (χ1v) is 10.2. The molecule has 0 fully saturated rings. The van der Waals surface area contributed by atoms with Gasteiger partial charge in [0.1, 0.15) is 10.8 Å². The molecule has 0 radical (unpaired) electrons. The summed E-state index contributed by atoms with van der Waals surface area (Å²) >= 11 is 7.39. The van der Waals surface area contributed by atoms with Crippen LogP contribution in [-0.4, -0.2) is 33.6 Å². The second-order valence-corrected chi connectivity index (χ2v) is 7.80. The summed E-state index contributed by atoms with van der Waals surface area (Å²) in [5, 5.41) is 16.0. The molecule has 0 atom stereocenters. The van der Waals surface area contributed by atoms with E-state index in [4.69, 9.17) is 21.7 Å². The molecule has 2 heterocycles. The number of fused-ring (bicyclic) bond motifs is 1. The lowest BCUT2D eigenvalue weighted by atomic mass is 10.1. The molecule has 29 heavy (non-hydrogen) atoms. The maximum Gasteiger partial charge on any atom is 0.283 e. The zero-order valence-electron chi connectivity index (χ0n) is 15.8. The first-order chi connectivity index (χ1) is 14.0. The SMILES string of the molecule is CCOc1ccc(Cl)cc1/C=C1\C(=N)N2N=C(c3cccc(C)c3)SC2=NC1=O. The van der Waals surface area contributed by atoms with Gasteiger partial charge in [-0.05, 0) is 56.0 Å². The van der Waals surface area contributed by atoms with Crippen molar-refractivity contribution >= 4 is 51.4 Å². The number of thioether (sulfide) groups is 1. The van der Waals surface area contributed by atoms with Gasteiger partial charge in [0.15, 0.2) is 5.84 Å². The first-order valence-electron chi connectivity index (χ1n) is 8.96. The number of amides is 1. The minimum atomic E-state index is -0.489. The van der Waals surface area contributed by atoms with Crippen molar-refractivity contribution in [2.45, 2.75) is 13.8 Å². The fourth-order valence-corrected chi connectivity index (χ4v) is 4.03. The molecule has 4 rings (SSSR count). The number of hydrogen-bond acceptors (Lipinski definition) is 5. The van der Waals surface area contributed by atoms with Crippen LogP contribution < -0.4 is 4.74 Å². The minimum Gasteiger partial charge on any atom is -0.493 e. The van der Waals surface area contributed by atoms with Crippen LogP contribution in [0.2, 0.25) is 5.02 Å². The third-order valence-electron chi connectivity index (χ3n) is 4.29. The molecule has 0 bridgehead atoms. The zero-order chi connectivity index (χ0) is 20.5. The molecule has 0 unspecified atom stereocenters. The molecular weight excluding hydrogens is 408 g/mol. The standard InChI is InChI=1S/C21H17ClN4O2S/c1-3-28-17-8-7-15(22)10-14(17)11-16-18(23)26-21(24-19(16)27)29-20(25-26)13-6-4-5-12(2)9-13/h4-11,23H,3H2,1-2H3/b16-11+,23-18?. The molecule has 8 heteroatoms. The largest absolute Gasteiger partial charge is 0.493 e. The second kappa shape index (κ2) is 7.85. The predicted octanol–water partition coefficient (Wildman–Crippen LogP) is 4.71. The predicted molar refractivity (Wildman–Crippen MR) is 118 cm³/mol. The lowest BCUT2D eigenvalue weighted by molar-refractivity contribution is -0.114. The van der Waals surface area contributed by atoms with E-state index >= 15 is 0 Å². The smallest absolute Gasteiger partial charge is 0.283 e. The number of ether oxygens (including phenoxy) is 1. The summed E-state index contributed by atoms with van der Waals surface area (Å²) in [6.07, 6.45) is 1.58. The van der Waals surface area contributed by atoms with E-state index in [1.165, 1.54) is 16.8 Å². The number of benzene rings is 2. The highest BCUT2D eigenvalue weighted by atomic mass is 35.5. The van der Waals surface area contributed by atoms with Crippen LogP contribution in [0.15, 0.2) is 58.1 Å². The summed E-state index contributed by atoms with van der Waals surface area (Å²) in [7, 11) is 0. The fourth-order valence-electron chi connectivity index (χ4n) is 2.96. The number of hydrazone groups is 1. The summed E-state index contributed by atoms with van der Waals surface area (Å²) in [5.41, 5.74) is 2.77. The fraction of sp³-hybridized carbons (Fsp3) is 0.143. The van der Waals surface area contributed by atoms with E-state index < -0.39 is 5.91 Å². The molecule has 1 amide bonds. The van der Waals surface area contributed by atoms with E-state index in [0.717, 1.165) is 11.1 Å². The Hall–Kier alpha value is -2.90. The molecular formula is C21H17ClN4O2S. The molecule has 2 aliphatic rings. The Morgan fingerprint density at radius 1 is 1.28 bits per heavy atom. The first kappa shape index (κ1) is 19.4. The van der Waals surface area contributed by atoms with Gasteiger partial charge in [0, 0.05) is 16.1 Å². The second-order valence-electron chi connectivity index (χ2n) is 6.41. The molecule has 0 aromatic heterocycles. The average molecular weight is 425 g/mol. The Balaban J connectivity index is 1.71. The Morgan fingerprint density at radius 3 is 2.86 bits per heavy atom. The van der Waals surface area contributed by atoms with Gasteiger partial charge in [0.05, 0.1) is 12.2 Å². The van der Waals surface area contributed by atoms with Crippen molar-refractivity contribution in [3.05, 3.63) is 69.8 Å². The van der Waals surface area contributed by atoms with E-state index in [2.05, 4.69) is 10.1 Å². The van der Waals surface area contributed by atoms with Gasteiger partial charge in [-0.15, -0.1) is 0 Å². The summed E-state index contributed by atoms with van der Waals surface area (Å²) in [6, 6.07) is 13.1. The van der Waals surface area contributed by atoms with Crippen molar-refractivity contribution < 1.29 is 9.53 Å². The van der Waals surface area contributed by atoms with Gasteiger partial charge in [0.2, 0.25) is 5.17 Å². The molecule has 2 aliphatic heterocycles. The zero-order valence-corrected chi connectivity index (χ0v) is 17.3. The maximum atomic E-state index is 12.6. The van der Waals surface area contributed by atoms with Crippen LogP contribution in [0.3, 0.4) is 0 Å². The van der Waals surface area contributed by atoms with Gasteiger partial charge in [-0.1, -0.05) is 35.4 Å². The maximum absolute atomic E-state index is 12.6. The van der Waals surface area contributed by atoms with E-state index in [0.29, 0.717) is 33.2 Å². The van der Waals surface area contributed by atoms with Gasteiger partial charge < -0.3 is 4.74 Å². The number of nitrogens with zero attached hydrogens (tertiary/aromatic N) is 3. The Kier molecular flexibility index (Phi) is 5.25. The van der Waals surface area contributed by atoms with Gasteiger partial charge in [-0.25, -0.2) is 0 Å². The van der Waals surface area contributed by atoms with Crippen LogP contribution in [-0.2, 0) is 4.79 Å². The number of nitrogens with one attached hydrogen (secondary N) is 1. The number of carbonyl (C=O) groups excluding carboxylic acids is 1. The van der Waals surface area contributed by atoms with Gasteiger partial charge in [-0.3, -0.25) is 10.2 Å². The number of aryl methyl sites for hydroxylation is 1. The number of hydrogen-bond donors (Lipinski definition) is 1. The van der Waals surface area contributed by atoms with E-state index in [9.17, 15) is 4.79 Å².